The highest BCUT2D eigenvalue weighted by Gasteiger charge is 2.36. The van der Waals surface area contributed by atoms with Crippen molar-refractivity contribution in [1.29, 1.82) is 0 Å². The van der Waals surface area contributed by atoms with Crippen molar-refractivity contribution in [3.05, 3.63) is 71.7 Å². The number of aryl methyl sites for hydroxylation is 3. The number of nitrogens with one attached hydrogen (secondary N) is 2. The van der Waals surface area contributed by atoms with E-state index < -0.39 is 0 Å². The molecule has 1 unspecified atom stereocenters. The van der Waals surface area contributed by atoms with Gasteiger partial charge < -0.3 is 15.5 Å². The predicted molar refractivity (Wildman–Crippen MR) is 131 cm³/mol. The van der Waals surface area contributed by atoms with Gasteiger partial charge in [0.2, 0.25) is 11.8 Å². The molecule has 0 saturated carbocycles. The number of benzene rings is 2. The van der Waals surface area contributed by atoms with E-state index in [2.05, 4.69) is 46.6 Å². The number of carbonyl (C=O) groups is 2. The predicted octanol–water partition coefficient (Wildman–Crippen LogP) is 4.65. The SMILES string of the molecule is CCc1cccc(CC)c1N1CC(C(=O)Nc2ccc(Nc3cc(C)ncn3)cc2)CC1=O. The molecule has 1 aromatic heterocycles. The van der Waals surface area contributed by atoms with Crippen molar-refractivity contribution in [3.63, 3.8) is 0 Å². The molecule has 2 N–H and O–H groups in total. The molecule has 2 aromatic carbocycles. The molecule has 0 spiro atoms. The lowest BCUT2D eigenvalue weighted by Crippen LogP contribution is -2.29. The number of hydrogen-bond donors (Lipinski definition) is 2. The molecule has 7 heteroatoms. The van der Waals surface area contributed by atoms with Crippen LogP contribution in [0.3, 0.4) is 0 Å². The fraction of sp³-hybridized carbons (Fsp3) is 0.308. The third-order valence-electron chi connectivity index (χ3n) is 5.96. The Morgan fingerprint density at radius 2 is 1.70 bits per heavy atom. The first-order valence-corrected chi connectivity index (χ1v) is 11.4. The number of para-hydroxylation sites is 1. The summed E-state index contributed by atoms with van der Waals surface area (Å²) < 4.78 is 0. The van der Waals surface area contributed by atoms with Crippen LogP contribution in [0, 0.1) is 12.8 Å². The first-order chi connectivity index (χ1) is 16.0. The molecule has 1 fully saturated rings. The molecule has 2 heterocycles. The highest BCUT2D eigenvalue weighted by Crippen LogP contribution is 2.33. The van der Waals surface area contributed by atoms with Gasteiger partial charge in [-0.2, -0.15) is 0 Å². The van der Waals surface area contributed by atoms with Gasteiger partial charge in [0.25, 0.3) is 0 Å². The molecule has 33 heavy (non-hydrogen) atoms. The van der Waals surface area contributed by atoms with Crippen LogP contribution in [-0.4, -0.2) is 28.3 Å². The van der Waals surface area contributed by atoms with E-state index in [9.17, 15) is 9.59 Å². The van der Waals surface area contributed by atoms with Crippen molar-refractivity contribution in [2.45, 2.75) is 40.0 Å². The van der Waals surface area contributed by atoms with Gasteiger partial charge in [-0.05, 0) is 55.2 Å². The first kappa shape index (κ1) is 22.5. The van der Waals surface area contributed by atoms with E-state index in [1.54, 1.807) is 4.90 Å². The average molecular weight is 444 g/mol. The van der Waals surface area contributed by atoms with Gasteiger partial charge in [-0.3, -0.25) is 9.59 Å². The van der Waals surface area contributed by atoms with E-state index in [4.69, 9.17) is 0 Å². The van der Waals surface area contributed by atoms with Crippen LogP contribution in [-0.2, 0) is 22.4 Å². The Kier molecular flexibility index (Phi) is 6.68. The summed E-state index contributed by atoms with van der Waals surface area (Å²) >= 11 is 0. The summed E-state index contributed by atoms with van der Waals surface area (Å²) in [6.07, 6.45) is 3.43. The van der Waals surface area contributed by atoms with E-state index in [1.807, 2.05) is 43.3 Å². The van der Waals surface area contributed by atoms with Crippen molar-refractivity contribution < 1.29 is 9.59 Å². The Hall–Kier alpha value is -3.74. The minimum Gasteiger partial charge on any atom is -0.340 e. The molecule has 4 rings (SSSR count). The largest absolute Gasteiger partial charge is 0.340 e. The van der Waals surface area contributed by atoms with Gasteiger partial charge in [0.1, 0.15) is 12.1 Å². The molecule has 1 aliphatic rings. The highest BCUT2D eigenvalue weighted by atomic mass is 16.2. The molecular weight excluding hydrogens is 414 g/mol. The van der Waals surface area contributed by atoms with Gasteiger partial charge in [0, 0.05) is 41.8 Å². The van der Waals surface area contributed by atoms with E-state index >= 15 is 0 Å². The first-order valence-electron chi connectivity index (χ1n) is 11.4. The Morgan fingerprint density at radius 1 is 1.03 bits per heavy atom. The lowest BCUT2D eigenvalue weighted by atomic mass is 10.0. The number of amides is 2. The molecule has 170 valence electrons. The molecule has 1 atom stereocenters. The zero-order chi connectivity index (χ0) is 23.4. The van der Waals surface area contributed by atoms with Gasteiger partial charge >= 0.3 is 0 Å². The van der Waals surface area contributed by atoms with Crippen molar-refractivity contribution in [2.24, 2.45) is 5.92 Å². The zero-order valence-corrected chi connectivity index (χ0v) is 19.3. The second-order valence-corrected chi connectivity index (χ2v) is 8.27. The van der Waals surface area contributed by atoms with Crippen molar-refractivity contribution in [1.82, 2.24) is 9.97 Å². The van der Waals surface area contributed by atoms with Gasteiger partial charge in [-0.15, -0.1) is 0 Å². The summed E-state index contributed by atoms with van der Waals surface area (Å²) in [5, 5.41) is 6.18. The number of nitrogens with zero attached hydrogens (tertiary/aromatic N) is 3. The van der Waals surface area contributed by atoms with Gasteiger partial charge in [-0.25, -0.2) is 9.97 Å². The standard InChI is InChI=1S/C26H29N5O2/c1-4-18-7-6-8-19(5-2)25(18)31-15-20(14-24(31)32)26(33)30-22-11-9-21(10-12-22)29-23-13-17(3)27-16-28-23/h6-13,16,20H,4-5,14-15H2,1-3H3,(H,30,33)(H,27,28,29). The van der Waals surface area contributed by atoms with Crippen molar-refractivity contribution >= 4 is 34.7 Å². The highest BCUT2D eigenvalue weighted by molar-refractivity contribution is 6.04. The van der Waals surface area contributed by atoms with E-state index in [-0.39, 0.29) is 24.2 Å². The second-order valence-electron chi connectivity index (χ2n) is 8.27. The molecule has 1 saturated heterocycles. The van der Waals surface area contributed by atoms with Crippen molar-refractivity contribution in [3.8, 4) is 0 Å². The van der Waals surface area contributed by atoms with Crippen molar-refractivity contribution in [2.75, 3.05) is 22.1 Å². The molecule has 0 bridgehead atoms. The van der Waals surface area contributed by atoms with E-state index in [0.29, 0.717) is 18.1 Å². The molecule has 7 nitrogen and oxygen atoms in total. The summed E-state index contributed by atoms with van der Waals surface area (Å²) in [6, 6.07) is 15.5. The summed E-state index contributed by atoms with van der Waals surface area (Å²) in [6.45, 7) is 6.49. The van der Waals surface area contributed by atoms with Crippen LogP contribution in [0.2, 0.25) is 0 Å². The zero-order valence-electron chi connectivity index (χ0n) is 19.3. The van der Waals surface area contributed by atoms with E-state index in [1.165, 1.54) is 6.33 Å². The molecule has 2 amide bonds. The third-order valence-corrected chi connectivity index (χ3v) is 5.96. The Bertz CT molecular complexity index is 1140. The minimum atomic E-state index is -0.381. The van der Waals surface area contributed by atoms with Gasteiger partial charge in [0.05, 0.1) is 5.92 Å². The monoisotopic (exact) mass is 443 g/mol. The molecule has 0 aliphatic carbocycles. The lowest BCUT2D eigenvalue weighted by molar-refractivity contribution is -0.122. The number of anilines is 4. The summed E-state index contributed by atoms with van der Waals surface area (Å²) in [4.78, 5) is 35.9. The molecule has 3 aromatic rings. The summed E-state index contributed by atoms with van der Waals surface area (Å²) in [5.74, 6) is 0.201. The summed E-state index contributed by atoms with van der Waals surface area (Å²) in [5.41, 5.74) is 5.70. The number of rotatable bonds is 7. The van der Waals surface area contributed by atoms with Crippen LogP contribution in [0.25, 0.3) is 0 Å². The van der Waals surface area contributed by atoms with Crippen LogP contribution < -0.4 is 15.5 Å². The van der Waals surface area contributed by atoms with Crippen LogP contribution >= 0.6 is 0 Å². The smallest absolute Gasteiger partial charge is 0.229 e. The Morgan fingerprint density at radius 3 is 2.33 bits per heavy atom. The second kappa shape index (κ2) is 9.81. The van der Waals surface area contributed by atoms with Crippen LogP contribution in [0.5, 0.6) is 0 Å². The topological polar surface area (TPSA) is 87.2 Å². The maximum Gasteiger partial charge on any atom is 0.229 e. The minimum absolute atomic E-state index is 0.00504. The van der Waals surface area contributed by atoms with E-state index in [0.717, 1.165) is 41.0 Å². The van der Waals surface area contributed by atoms with Gasteiger partial charge in [-0.1, -0.05) is 32.0 Å². The van der Waals surface area contributed by atoms with Crippen LogP contribution in [0.1, 0.15) is 37.1 Å². The Labute approximate surface area is 194 Å². The van der Waals surface area contributed by atoms with Gasteiger partial charge in [0.15, 0.2) is 0 Å². The maximum atomic E-state index is 12.9. The number of carbonyl (C=O) groups excluding carboxylic acids is 2. The average Bonchev–Trinajstić information content (AvgIpc) is 3.21. The lowest BCUT2D eigenvalue weighted by Gasteiger charge is -2.23. The molecule has 1 aliphatic heterocycles. The third kappa shape index (κ3) is 5.03. The summed E-state index contributed by atoms with van der Waals surface area (Å²) in [7, 11) is 0. The molecular formula is C26H29N5O2. The fourth-order valence-corrected chi connectivity index (χ4v) is 4.21. The normalized spacial score (nSPS) is 15.5. The van der Waals surface area contributed by atoms with Crippen LogP contribution in [0.15, 0.2) is 54.9 Å². The maximum absolute atomic E-state index is 12.9. The van der Waals surface area contributed by atoms with Crippen LogP contribution in [0.4, 0.5) is 22.9 Å². The Balaban J connectivity index is 1.42. The fourth-order valence-electron chi connectivity index (χ4n) is 4.21. The quantitative estimate of drug-likeness (QED) is 0.555. The number of aromatic nitrogens is 2. The number of hydrogen-bond acceptors (Lipinski definition) is 5. The molecule has 0 radical (unpaired) electrons.